The van der Waals surface area contributed by atoms with Crippen LogP contribution in [0.4, 0.5) is 5.69 Å². The Bertz CT molecular complexity index is 475. The Morgan fingerprint density at radius 2 is 2.18 bits per heavy atom. The van der Waals surface area contributed by atoms with Crippen molar-refractivity contribution in [1.82, 2.24) is 0 Å². The highest BCUT2D eigenvalue weighted by Gasteiger charge is 2.26. The van der Waals surface area contributed by atoms with E-state index in [1.54, 1.807) is 12.1 Å². The van der Waals surface area contributed by atoms with Crippen molar-refractivity contribution in [2.24, 2.45) is 0 Å². The summed E-state index contributed by atoms with van der Waals surface area (Å²) in [5.74, 6) is 0. The molecule has 0 spiro atoms. The van der Waals surface area contributed by atoms with Gasteiger partial charge < -0.3 is 9.47 Å². The Labute approximate surface area is 97.5 Å². The molecule has 1 fully saturated rings. The zero-order valence-electron chi connectivity index (χ0n) is 8.96. The Kier molecular flexibility index (Phi) is 3.32. The molecule has 0 N–H and O–H groups in total. The van der Waals surface area contributed by atoms with Gasteiger partial charge >= 0.3 is 0 Å². The van der Waals surface area contributed by atoms with Crippen LogP contribution in [0.5, 0.6) is 0 Å². The first kappa shape index (κ1) is 11.5. The molecule has 0 aliphatic carbocycles. The molecular formula is C11H10N2O4. The lowest BCUT2D eigenvalue weighted by Crippen LogP contribution is -2.04. The van der Waals surface area contributed by atoms with Gasteiger partial charge in [-0.25, -0.2) is 0 Å². The summed E-state index contributed by atoms with van der Waals surface area (Å²) in [6.45, 7) is 0.842. The molecule has 2 rings (SSSR count). The molecule has 6 heteroatoms. The van der Waals surface area contributed by atoms with Gasteiger partial charge in [-0.3, -0.25) is 10.1 Å². The first-order valence-corrected chi connectivity index (χ1v) is 5.09. The van der Waals surface area contributed by atoms with E-state index < -0.39 is 11.2 Å². The maximum atomic E-state index is 10.9. The topological polar surface area (TPSA) is 85.4 Å². The molecule has 1 aromatic rings. The fraction of sp³-hybridized carbons (Fsp3) is 0.364. The van der Waals surface area contributed by atoms with E-state index in [2.05, 4.69) is 0 Å². The molecule has 17 heavy (non-hydrogen) atoms. The Morgan fingerprint density at radius 1 is 1.47 bits per heavy atom. The third-order valence-corrected chi connectivity index (χ3v) is 2.45. The van der Waals surface area contributed by atoms with Gasteiger partial charge in [-0.15, -0.1) is 0 Å². The minimum Gasteiger partial charge on any atom is -0.346 e. The molecule has 0 unspecified atom stereocenters. The second-order valence-corrected chi connectivity index (χ2v) is 3.56. The third-order valence-electron chi connectivity index (χ3n) is 2.45. The lowest BCUT2D eigenvalue weighted by Gasteiger charge is -2.10. The molecule has 88 valence electrons. The molecule has 0 aromatic heterocycles. The van der Waals surface area contributed by atoms with Crippen LogP contribution in [-0.4, -0.2) is 18.1 Å². The molecule has 1 heterocycles. The summed E-state index contributed by atoms with van der Waals surface area (Å²) in [7, 11) is 0. The van der Waals surface area contributed by atoms with E-state index in [4.69, 9.17) is 14.7 Å². The molecule has 0 radical (unpaired) electrons. The van der Waals surface area contributed by atoms with Crippen LogP contribution in [0.25, 0.3) is 0 Å². The highest BCUT2D eigenvalue weighted by Crippen LogP contribution is 2.31. The molecule has 0 amide bonds. The van der Waals surface area contributed by atoms with Crippen LogP contribution in [-0.2, 0) is 15.9 Å². The van der Waals surface area contributed by atoms with Gasteiger partial charge in [-0.1, -0.05) is 6.07 Å². The third kappa shape index (κ3) is 2.41. The van der Waals surface area contributed by atoms with E-state index in [1.165, 1.54) is 6.07 Å². The summed E-state index contributed by atoms with van der Waals surface area (Å²) in [4.78, 5) is 10.4. The molecule has 0 atom stereocenters. The Morgan fingerprint density at radius 3 is 2.76 bits per heavy atom. The zero-order chi connectivity index (χ0) is 12.3. The summed E-state index contributed by atoms with van der Waals surface area (Å²) in [5, 5.41) is 19.5. The predicted molar refractivity (Wildman–Crippen MR) is 57.1 cm³/mol. The number of nitriles is 1. The Hall–Kier alpha value is -1.97. The number of ether oxygens (including phenoxy) is 2. The maximum absolute atomic E-state index is 10.9. The summed E-state index contributed by atoms with van der Waals surface area (Å²) >= 11 is 0. The second-order valence-electron chi connectivity index (χ2n) is 3.56. The van der Waals surface area contributed by atoms with Crippen LogP contribution < -0.4 is 0 Å². The molecule has 0 bridgehead atoms. The average molecular weight is 234 g/mol. The normalized spacial score (nSPS) is 15.7. The molecule has 1 aromatic carbocycles. The monoisotopic (exact) mass is 234 g/mol. The van der Waals surface area contributed by atoms with Crippen molar-refractivity contribution < 1.29 is 14.4 Å². The van der Waals surface area contributed by atoms with Crippen molar-refractivity contribution in [1.29, 1.82) is 5.26 Å². The average Bonchev–Trinajstić information content (AvgIpc) is 2.82. The molecule has 1 aliphatic rings. The zero-order valence-corrected chi connectivity index (χ0v) is 8.96. The van der Waals surface area contributed by atoms with Crippen molar-refractivity contribution in [2.75, 3.05) is 13.2 Å². The number of nitrogens with zero attached hydrogens (tertiary/aromatic N) is 2. The first-order chi connectivity index (χ1) is 8.22. The van der Waals surface area contributed by atoms with E-state index >= 15 is 0 Å². The number of hydrogen-bond acceptors (Lipinski definition) is 5. The molecule has 0 saturated carbocycles. The fourth-order valence-corrected chi connectivity index (χ4v) is 1.70. The first-order valence-electron chi connectivity index (χ1n) is 5.09. The fourth-order valence-electron chi connectivity index (χ4n) is 1.70. The standard InChI is InChI=1S/C11H10N2O4/c12-4-3-8-1-2-10(13(14)15)9(7-8)11-16-5-6-17-11/h1-2,7,11H,3,5-6H2. The molecule has 1 aliphatic heterocycles. The van der Waals surface area contributed by atoms with E-state index in [1.807, 2.05) is 6.07 Å². The summed E-state index contributed by atoms with van der Waals surface area (Å²) in [5.41, 5.74) is 1.05. The highest BCUT2D eigenvalue weighted by atomic mass is 16.7. The lowest BCUT2D eigenvalue weighted by atomic mass is 10.1. The minimum absolute atomic E-state index is 0.0430. The molecule has 1 saturated heterocycles. The largest absolute Gasteiger partial charge is 0.346 e. The van der Waals surface area contributed by atoms with Crippen LogP contribution in [0.1, 0.15) is 17.4 Å². The number of nitro benzene ring substituents is 1. The van der Waals surface area contributed by atoms with Crippen molar-refractivity contribution in [3.05, 3.63) is 39.4 Å². The van der Waals surface area contributed by atoms with Gasteiger partial charge in [-0.2, -0.15) is 5.26 Å². The van der Waals surface area contributed by atoms with Gasteiger partial charge in [0, 0.05) is 6.07 Å². The SMILES string of the molecule is N#CCc1ccc([N+](=O)[O-])c(C2OCCO2)c1. The van der Waals surface area contributed by atoms with Gasteiger partial charge in [-0.05, 0) is 11.6 Å². The van der Waals surface area contributed by atoms with Crippen LogP contribution in [0, 0.1) is 21.4 Å². The van der Waals surface area contributed by atoms with E-state index in [0.29, 0.717) is 24.3 Å². The van der Waals surface area contributed by atoms with Crippen LogP contribution in [0.2, 0.25) is 0 Å². The van der Waals surface area contributed by atoms with E-state index in [-0.39, 0.29) is 12.1 Å². The van der Waals surface area contributed by atoms with Gasteiger partial charge in [0.1, 0.15) is 0 Å². The quantitative estimate of drug-likeness (QED) is 0.587. The molecule has 6 nitrogen and oxygen atoms in total. The van der Waals surface area contributed by atoms with Crippen molar-refractivity contribution in [3.8, 4) is 6.07 Å². The maximum Gasteiger partial charge on any atom is 0.277 e. The Balaban J connectivity index is 2.40. The number of nitro groups is 1. The number of rotatable bonds is 3. The van der Waals surface area contributed by atoms with Crippen molar-refractivity contribution in [2.45, 2.75) is 12.7 Å². The smallest absolute Gasteiger partial charge is 0.277 e. The van der Waals surface area contributed by atoms with Gasteiger partial charge in [0.2, 0.25) is 0 Å². The van der Waals surface area contributed by atoms with Crippen LogP contribution in [0.3, 0.4) is 0 Å². The predicted octanol–water partition coefficient (Wildman–Crippen LogP) is 1.71. The lowest BCUT2D eigenvalue weighted by molar-refractivity contribution is -0.386. The highest BCUT2D eigenvalue weighted by molar-refractivity contribution is 5.44. The van der Waals surface area contributed by atoms with Crippen LogP contribution in [0.15, 0.2) is 18.2 Å². The number of hydrogen-bond donors (Lipinski definition) is 0. The van der Waals surface area contributed by atoms with Crippen molar-refractivity contribution in [3.63, 3.8) is 0 Å². The second kappa shape index (κ2) is 4.91. The summed E-state index contributed by atoms with van der Waals surface area (Å²) in [6.07, 6.45) is -0.494. The van der Waals surface area contributed by atoms with Gasteiger partial charge in [0.15, 0.2) is 6.29 Å². The minimum atomic E-state index is -0.700. The molecular weight excluding hydrogens is 224 g/mol. The summed E-state index contributed by atoms with van der Waals surface area (Å²) in [6, 6.07) is 6.54. The van der Waals surface area contributed by atoms with Gasteiger partial charge in [0.05, 0.1) is 36.2 Å². The number of benzene rings is 1. The van der Waals surface area contributed by atoms with Crippen LogP contribution >= 0.6 is 0 Å². The van der Waals surface area contributed by atoms with Crippen molar-refractivity contribution >= 4 is 5.69 Å². The van der Waals surface area contributed by atoms with E-state index in [9.17, 15) is 10.1 Å². The summed E-state index contributed by atoms with van der Waals surface area (Å²) < 4.78 is 10.5. The van der Waals surface area contributed by atoms with Gasteiger partial charge in [0.25, 0.3) is 5.69 Å². The van der Waals surface area contributed by atoms with E-state index in [0.717, 1.165) is 0 Å².